The van der Waals surface area contributed by atoms with Crippen molar-refractivity contribution in [2.24, 2.45) is 0 Å². The monoisotopic (exact) mass is 296 g/mol. The van der Waals surface area contributed by atoms with E-state index in [9.17, 15) is 4.39 Å². The highest BCUT2D eigenvalue weighted by molar-refractivity contribution is 5.59. The SMILES string of the molecule is Nc1nc(-c2cccc(F)c2)nc2nc(-c3ccco3)nn12. The van der Waals surface area contributed by atoms with E-state index in [0.29, 0.717) is 17.1 Å². The third-order valence-electron chi connectivity index (χ3n) is 3.06. The molecule has 0 amide bonds. The number of benzene rings is 1. The Balaban J connectivity index is 1.89. The van der Waals surface area contributed by atoms with Gasteiger partial charge in [0.2, 0.25) is 11.8 Å². The molecule has 1 aromatic carbocycles. The highest BCUT2D eigenvalue weighted by Gasteiger charge is 2.14. The molecule has 0 fully saturated rings. The molecular formula is C14H9FN6O. The normalized spacial score (nSPS) is 11.1. The van der Waals surface area contributed by atoms with Crippen molar-refractivity contribution in [1.29, 1.82) is 0 Å². The van der Waals surface area contributed by atoms with Crippen molar-refractivity contribution >= 4 is 11.7 Å². The van der Waals surface area contributed by atoms with Gasteiger partial charge in [0, 0.05) is 5.56 Å². The van der Waals surface area contributed by atoms with E-state index in [2.05, 4.69) is 20.1 Å². The summed E-state index contributed by atoms with van der Waals surface area (Å²) in [4.78, 5) is 12.7. The predicted octanol–water partition coefficient (Wildman–Crippen LogP) is 2.17. The van der Waals surface area contributed by atoms with Crippen molar-refractivity contribution in [3.8, 4) is 23.0 Å². The molecule has 4 aromatic rings. The molecule has 0 atom stereocenters. The standard InChI is InChI=1S/C14H9FN6O/c15-9-4-1-3-8(7-9)11-17-13(16)21-14(18-11)19-12(20-21)10-5-2-6-22-10/h1-7H,(H2,16,17,18,19,20). The molecule has 0 saturated carbocycles. The van der Waals surface area contributed by atoms with Gasteiger partial charge in [0.15, 0.2) is 11.6 Å². The molecule has 0 aliphatic carbocycles. The number of halogens is 1. The summed E-state index contributed by atoms with van der Waals surface area (Å²) >= 11 is 0. The maximum absolute atomic E-state index is 13.3. The molecule has 3 heterocycles. The van der Waals surface area contributed by atoms with Crippen LogP contribution in [0.15, 0.2) is 47.1 Å². The van der Waals surface area contributed by atoms with Crippen LogP contribution in [-0.2, 0) is 0 Å². The third-order valence-corrected chi connectivity index (χ3v) is 3.06. The van der Waals surface area contributed by atoms with Crippen LogP contribution in [0.25, 0.3) is 28.8 Å². The minimum Gasteiger partial charge on any atom is -0.461 e. The van der Waals surface area contributed by atoms with Crippen molar-refractivity contribution in [2.75, 3.05) is 5.73 Å². The van der Waals surface area contributed by atoms with Crippen LogP contribution >= 0.6 is 0 Å². The summed E-state index contributed by atoms with van der Waals surface area (Å²) in [6, 6.07) is 9.40. The van der Waals surface area contributed by atoms with E-state index in [1.165, 1.54) is 22.9 Å². The number of aromatic nitrogens is 5. The molecule has 0 spiro atoms. The number of nitrogens with two attached hydrogens (primary N) is 1. The van der Waals surface area contributed by atoms with E-state index in [-0.39, 0.29) is 23.4 Å². The maximum atomic E-state index is 13.3. The zero-order valence-corrected chi connectivity index (χ0v) is 11.1. The Morgan fingerprint density at radius 2 is 1.91 bits per heavy atom. The second-order valence-corrected chi connectivity index (χ2v) is 4.54. The van der Waals surface area contributed by atoms with Gasteiger partial charge in [-0.05, 0) is 24.3 Å². The molecule has 2 N–H and O–H groups in total. The van der Waals surface area contributed by atoms with Gasteiger partial charge in [-0.1, -0.05) is 12.1 Å². The van der Waals surface area contributed by atoms with Gasteiger partial charge in [-0.2, -0.15) is 19.5 Å². The first-order valence-electron chi connectivity index (χ1n) is 6.41. The number of fused-ring (bicyclic) bond motifs is 1. The summed E-state index contributed by atoms with van der Waals surface area (Å²) in [5, 5.41) is 4.19. The minimum absolute atomic E-state index is 0.106. The predicted molar refractivity (Wildman–Crippen MR) is 76.1 cm³/mol. The molecule has 7 nitrogen and oxygen atoms in total. The summed E-state index contributed by atoms with van der Waals surface area (Å²) in [6.45, 7) is 0. The zero-order chi connectivity index (χ0) is 15.1. The van der Waals surface area contributed by atoms with Gasteiger partial charge in [-0.25, -0.2) is 4.39 Å². The van der Waals surface area contributed by atoms with Gasteiger partial charge in [-0.15, -0.1) is 5.10 Å². The van der Waals surface area contributed by atoms with Crippen molar-refractivity contribution in [3.05, 3.63) is 48.5 Å². The van der Waals surface area contributed by atoms with E-state index in [1.54, 1.807) is 24.3 Å². The number of anilines is 1. The molecule has 0 saturated heterocycles. The molecule has 0 unspecified atom stereocenters. The lowest BCUT2D eigenvalue weighted by Crippen LogP contribution is -2.05. The average Bonchev–Trinajstić information content (AvgIpc) is 3.16. The van der Waals surface area contributed by atoms with Crippen molar-refractivity contribution < 1.29 is 8.81 Å². The van der Waals surface area contributed by atoms with Gasteiger partial charge in [0.25, 0.3) is 5.78 Å². The van der Waals surface area contributed by atoms with E-state index < -0.39 is 0 Å². The molecule has 3 aromatic heterocycles. The molecule has 8 heteroatoms. The molecule has 0 aliphatic heterocycles. The fourth-order valence-electron chi connectivity index (χ4n) is 2.07. The van der Waals surface area contributed by atoms with E-state index in [4.69, 9.17) is 10.2 Å². The second kappa shape index (κ2) is 4.62. The summed E-state index contributed by atoms with van der Waals surface area (Å²) in [7, 11) is 0. The van der Waals surface area contributed by atoms with Gasteiger partial charge >= 0.3 is 0 Å². The summed E-state index contributed by atoms with van der Waals surface area (Å²) in [5.41, 5.74) is 6.40. The lowest BCUT2D eigenvalue weighted by atomic mass is 10.2. The van der Waals surface area contributed by atoms with E-state index in [1.807, 2.05) is 0 Å². The Morgan fingerprint density at radius 3 is 2.68 bits per heavy atom. The zero-order valence-electron chi connectivity index (χ0n) is 11.1. The Kier molecular flexibility index (Phi) is 2.62. The molecule has 22 heavy (non-hydrogen) atoms. The number of hydrogen-bond donors (Lipinski definition) is 1. The van der Waals surface area contributed by atoms with Crippen LogP contribution in [0, 0.1) is 5.82 Å². The van der Waals surface area contributed by atoms with Crippen LogP contribution in [0.3, 0.4) is 0 Å². The fourth-order valence-corrected chi connectivity index (χ4v) is 2.07. The third kappa shape index (κ3) is 1.97. The van der Waals surface area contributed by atoms with Crippen LogP contribution in [-0.4, -0.2) is 24.6 Å². The van der Waals surface area contributed by atoms with Crippen LogP contribution in [0.5, 0.6) is 0 Å². The first-order chi connectivity index (χ1) is 10.7. The molecular weight excluding hydrogens is 287 g/mol. The maximum Gasteiger partial charge on any atom is 0.258 e. The van der Waals surface area contributed by atoms with E-state index >= 15 is 0 Å². The van der Waals surface area contributed by atoms with Crippen molar-refractivity contribution in [3.63, 3.8) is 0 Å². The van der Waals surface area contributed by atoms with Crippen LogP contribution < -0.4 is 5.73 Å². The number of hydrogen-bond acceptors (Lipinski definition) is 6. The minimum atomic E-state index is -0.378. The smallest absolute Gasteiger partial charge is 0.258 e. The Labute approximate surface area is 123 Å². The summed E-state index contributed by atoms with van der Waals surface area (Å²) in [6.07, 6.45) is 1.52. The van der Waals surface area contributed by atoms with Crippen LogP contribution in [0.2, 0.25) is 0 Å². The van der Waals surface area contributed by atoms with Crippen LogP contribution in [0.1, 0.15) is 0 Å². The van der Waals surface area contributed by atoms with Crippen molar-refractivity contribution in [1.82, 2.24) is 24.6 Å². The first kappa shape index (κ1) is 12.5. The van der Waals surface area contributed by atoms with Gasteiger partial charge in [-0.3, -0.25) is 0 Å². The van der Waals surface area contributed by atoms with Crippen LogP contribution in [0.4, 0.5) is 10.3 Å². The number of nitrogen functional groups attached to an aromatic ring is 1. The molecule has 108 valence electrons. The summed E-state index contributed by atoms with van der Waals surface area (Å²) in [5.74, 6) is 1.12. The molecule has 0 radical (unpaired) electrons. The van der Waals surface area contributed by atoms with Gasteiger partial charge in [0.05, 0.1) is 6.26 Å². The van der Waals surface area contributed by atoms with Gasteiger partial charge in [0.1, 0.15) is 5.82 Å². The Hall–Kier alpha value is -3.29. The quantitative estimate of drug-likeness (QED) is 0.609. The number of nitrogens with zero attached hydrogens (tertiary/aromatic N) is 5. The largest absolute Gasteiger partial charge is 0.461 e. The molecule has 4 rings (SSSR count). The van der Waals surface area contributed by atoms with Gasteiger partial charge < -0.3 is 10.2 Å². The highest BCUT2D eigenvalue weighted by atomic mass is 19.1. The van der Waals surface area contributed by atoms with E-state index in [0.717, 1.165) is 0 Å². The average molecular weight is 296 g/mol. The Morgan fingerprint density at radius 1 is 1.05 bits per heavy atom. The fraction of sp³-hybridized carbons (Fsp3) is 0. The lowest BCUT2D eigenvalue weighted by molar-refractivity contribution is 0.577. The highest BCUT2D eigenvalue weighted by Crippen LogP contribution is 2.20. The number of rotatable bonds is 2. The molecule has 0 aliphatic rings. The topological polar surface area (TPSA) is 95.1 Å². The Bertz CT molecular complexity index is 963. The van der Waals surface area contributed by atoms with Crippen molar-refractivity contribution in [2.45, 2.75) is 0 Å². The first-order valence-corrected chi connectivity index (χ1v) is 6.41. The lowest BCUT2D eigenvalue weighted by Gasteiger charge is -2.02. The summed E-state index contributed by atoms with van der Waals surface area (Å²) < 4.78 is 19.9. The molecule has 0 bridgehead atoms. The second-order valence-electron chi connectivity index (χ2n) is 4.54. The number of furan rings is 1.